The van der Waals surface area contributed by atoms with Crippen molar-refractivity contribution in [2.45, 2.75) is 49.6 Å². The fourth-order valence-corrected chi connectivity index (χ4v) is 3.74. The summed E-state index contributed by atoms with van der Waals surface area (Å²) in [4.78, 5) is 4.36. The molecule has 2 atom stereocenters. The minimum Gasteiger partial charge on any atom is -0.329 e. The van der Waals surface area contributed by atoms with Gasteiger partial charge in [-0.05, 0) is 24.7 Å². The van der Waals surface area contributed by atoms with Crippen LogP contribution in [0.15, 0.2) is 17.6 Å². The molecule has 0 bridgehead atoms. The molecule has 0 aromatic carbocycles. The van der Waals surface area contributed by atoms with Crippen molar-refractivity contribution < 1.29 is 0 Å². The molecule has 4 heteroatoms. The monoisotopic (exact) mass is 239 g/mol. The molecule has 1 heterocycles. The highest BCUT2D eigenvalue weighted by Crippen LogP contribution is 2.41. The van der Waals surface area contributed by atoms with Gasteiger partial charge in [-0.25, -0.2) is 4.98 Å². The lowest BCUT2D eigenvalue weighted by molar-refractivity contribution is 0.232. The predicted octanol–water partition coefficient (Wildman–Crippen LogP) is 2.42. The summed E-state index contributed by atoms with van der Waals surface area (Å²) in [6.45, 7) is 4.68. The molecule has 1 aromatic rings. The third kappa shape index (κ3) is 2.61. The lowest BCUT2D eigenvalue weighted by atomic mass is 9.75. The molecule has 16 heavy (non-hydrogen) atoms. The molecular formula is C12H21N3S. The smallest absolute Gasteiger partial charge is 0.167 e. The van der Waals surface area contributed by atoms with Gasteiger partial charge in [-0.1, -0.05) is 25.6 Å². The van der Waals surface area contributed by atoms with E-state index < -0.39 is 0 Å². The molecule has 0 spiro atoms. The molecule has 1 saturated carbocycles. The van der Waals surface area contributed by atoms with Crippen LogP contribution < -0.4 is 5.73 Å². The van der Waals surface area contributed by atoms with Crippen molar-refractivity contribution >= 4 is 11.8 Å². The maximum atomic E-state index is 6.21. The maximum absolute atomic E-state index is 6.21. The number of aryl methyl sites for hydroxylation is 1. The van der Waals surface area contributed by atoms with E-state index in [0.717, 1.165) is 11.6 Å². The molecule has 0 radical (unpaired) electrons. The molecule has 1 aliphatic carbocycles. The first kappa shape index (κ1) is 12.0. The summed E-state index contributed by atoms with van der Waals surface area (Å²) in [6, 6.07) is 0.315. The van der Waals surface area contributed by atoms with Gasteiger partial charge < -0.3 is 10.3 Å². The Bertz CT molecular complexity index is 359. The number of nitrogens with two attached hydrogens (primary N) is 1. The summed E-state index contributed by atoms with van der Waals surface area (Å²) < 4.78 is 2.07. The van der Waals surface area contributed by atoms with Gasteiger partial charge >= 0.3 is 0 Å². The Hall–Kier alpha value is -0.480. The minimum absolute atomic E-state index is 0.315. The predicted molar refractivity (Wildman–Crippen MR) is 68.5 cm³/mol. The first-order valence-electron chi connectivity index (χ1n) is 5.87. The van der Waals surface area contributed by atoms with Crippen LogP contribution in [0.5, 0.6) is 0 Å². The quantitative estimate of drug-likeness (QED) is 0.862. The lowest BCUT2D eigenvalue weighted by Crippen LogP contribution is -2.41. The van der Waals surface area contributed by atoms with E-state index in [1.807, 2.05) is 31.2 Å². The van der Waals surface area contributed by atoms with Crippen LogP contribution in [0, 0.1) is 5.41 Å². The number of hydrogen-bond acceptors (Lipinski definition) is 3. The third-order valence-electron chi connectivity index (χ3n) is 3.42. The van der Waals surface area contributed by atoms with Crippen molar-refractivity contribution in [1.29, 1.82) is 0 Å². The standard InChI is InChI=1S/C12H21N3S/c1-12(2)5-4-9(13)10(8-12)16-11-14-6-7-15(11)3/h6-7,9-10H,4-5,8,13H2,1-3H3. The minimum atomic E-state index is 0.315. The molecule has 90 valence electrons. The zero-order valence-corrected chi connectivity index (χ0v) is 11.1. The second-order valence-corrected chi connectivity index (χ2v) is 6.75. The Labute approximate surface area is 102 Å². The van der Waals surface area contributed by atoms with Crippen LogP contribution in [0.1, 0.15) is 33.1 Å². The highest BCUT2D eigenvalue weighted by Gasteiger charge is 2.34. The van der Waals surface area contributed by atoms with Gasteiger partial charge in [0.05, 0.1) is 0 Å². The van der Waals surface area contributed by atoms with Gasteiger partial charge in [0.15, 0.2) is 5.16 Å². The maximum Gasteiger partial charge on any atom is 0.167 e. The van der Waals surface area contributed by atoms with Gasteiger partial charge in [0, 0.05) is 30.7 Å². The summed E-state index contributed by atoms with van der Waals surface area (Å²) in [6.07, 6.45) is 7.40. The Morgan fingerprint density at radius 2 is 2.31 bits per heavy atom. The molecule has 0 saturated heterocycles. The van der Waals surface area contributed by atoms with E-state index in [0.29, 0.717) is 16.7 Å². The fraction of sp³-hybridized carbons (Fsp3) is 0.750. The molecule has 0 amide bonds. The highest BCUT2D eigenvalue weighted by atomic mass is 32.2. The number of rotatable bonds is 2. The first-order chi connectivity index (χ1) is 7.48. The molecular weight excluding hydrogens is 218 g/mol. The average molecular weight is 239 g/mol. The van der Waals surface area contributed by atoms with Gasteiger partial charge in [0.2, 0.25) is 0 Å². The largest absolute Gasteiger partial charge is 0.329 e. The second-order valence-electron chi connectivity index (χ2n) is 5.55. The first-order valence-corrected chi connectivity index (χ1v) is 6.75. The molecule has 1 aromatic heterocycles. The van der Waals surface area contributed by atoms with Crippen molar-refractivity contribution in [3.05, 3.63) is 12.4 Å². The zero-order chi connectivity index (χ0) is 11.8. The van der Waals surface area contributed by atoms with E-state index in [-0.39, 0.29) is 0 Å². The van der Waals surface area contributed by atoms with E-state index >= 15 is 0 Å². The second kappa shape index (κ2) is 4.41. The lowest BCUT2D eigenvalue weighted by Gasteiger charge is -2.38. The number of aromatic nitrogens is 2. The van der Waals surface area contributed by atoms with Gasteiger partial charge in [-0.15, -0.1) is 0 Å². The van der Waals surface area contributed by atoms with Gasteiger partial charge in [-0.2, -0.15) is 0 Å². The van der Waals surface area contributed by atoms with Crippen molar-refractivity contribution in [1.82, 2.24) is 9.55 Å². The van der Waals surface area contributed by atoms with Crippen LogP contribution in [-0.4, -0.2) is 20.8 Å². The third-order valence-corrected chi connectivity index (χ3v) is 4.84. The van der Waals surface area contributed by atoms with E-state index in [1.54, 1.807) is 0 Å². The fourth-order valence-electron chi connectivity index (χ4n) is 2.27. The topological polar surface area (TPSA) is 43.8 Å². The number of thioether (sulfide) groups is 1. The van der Waals surface area contributed by atoms with Crippen LogP contribution >= 0.6 is 11.8 Å². The number of hydrogen-bond donors (Lipinski definition) is 1. The summed E-state index contributed by atoms with van der Waals surface area (Å²) in [5, 5.41) is 1.59. The van der Waals surface area contributed by atoms with E-state index in [1.165, 1.54) is 12.8 Å². The number of nitrogens with zero attached hydrogens (tertiary/aromatic N) is 2. The molecule has 2 rings (SSSR count). The average Bonchev–Trinajstić information content (AvgIpc) is 2.58. The van der Waals surface area contributed by atoms with E-state index in [2.05, 4.69) is 23.4 Å². The van der Waals surface area contributed by atoms with Gasteiger partial charge in [0.25, 0.3) is 0 Å². The highest BCUT2D eigenvalue weighted by molar-refractivity contribution is 7.99. The van der Waals surface area contributed by atoms with Crippen molar-refractivity contribution in [3.8, 4) is 0 Å². The van der Waals surface area contributed by atoms with Crippen molar-refractivity contribution in [2.75, 3.05) is 0 Å². The molecule has 1 fully saturated rings. The van der Waals surface area contributed by atoms with Crippen LogP contribution in [0.25, 0.3) is 0 Å². The SMILES string of the molecule is Cn1ccnc1SC1CC(C)(C)CCC1N. The van der Waals surface area contributed by atoms with Crippen LogP contribution in [0.3, 0.4) is 0 Å². The molecule has 2 N–H and O–H groups in total. The van der Waals surface area contributed by atoms with Crippen LogP contribution in [-0.2, 0) is 7.05 Å². The Morgan fingerprint density at radius 3 is 2.94 bits per heavy atom. The van der Waals surface area contributed by atoms with Crippen LogP contribution in [0.4, 0.5) is 0 Å². The van der Waals surface area contributed by atoms with E-state index in [4.69, 9.17) is 5.73 Å². The summed E-state index contributed by atoms with van der Waals surface area (Å²) in [7, 11) is 2.04. The zero-order valence-electron chi connectivity index (χ0n) is 10.3. The van der Waals surface area contributed by atoms with Crippen molar-refractivity contribution in [3.63, 3.8) is 0 Å². The van der Waals surface area contributed by atoms with E-state index in [9.17, 15) is 0 Å². The van der Waals surface area contributed by atoms with Crippen LogP contribution in [0.2, 0.25) is 0 Å². The molecule has 1 aliphatic rings. The Balaban J connectivity index is 2.06. The normalized spacial score (nSPS) is 29.2. The van der Waals surface area contributed by atoms with Crippen molar-refractivity contribution in [2.24, 2.45) is 18.2 Å². The Morgan fingerprint density at radius 1 is 1.56 bits per heavy atom. The molecule has 2 unspecified atom stereocenters. The number of imidazole rings is 1. The van der Waals surface area contributed by atoms with Gasteiger partial charge in [0.1, 0.15) is 0 Å². The Kier molecular flexibility index (Phi) is 3.31. The summed E-state index contributed by atoms with van der Waals surface area (Å²) in [5.41, 5.74) is 6.64. The summed E-state index contributed by atoms with van der Waals surface area (Å²) in [5.74, 6) is 0. The summed E-state index contributed by atoms with van der Waals surface area (Å²) >= 11 is 1.84. The molecule has 0 aliphatic heterocycles. The molecule has 3 nitrogen and oxygen atoms in total. The van der Waals surface area contributed by atoms with Gasteiger partial charge in [-0.3, -0.25) is 0 Å².